The third-order valence-corrected chi connectivity index (χ3v) is 2.99. The summed E-state index contributed by atoms with van der Waals surface area (Å²) in [5.74, 6) is 0.380. The van der Waals surface area contributed by atoms with Gasteiger partial charge in [-0.05, 0) is 38.1 Å². The van der Waals surface area contributed by atoms with Crippen LogP contribution in [0.15, 0.2) is 30.3 Å². The molecule has 0 fully saturated rings. The summed E-state index contributed by atoms with van der Waals surface area (Å²) in [7, 11) is 1.56. The molecule has 0 aliphatic carbocycles. The molecular formula is C14H17N3O2. The maximum Gasteiger partial charge on any atom is 0.272 e. The van der Waals surface area contributed by atoms with Crippen LogP contribution in [0.25, 0.3) is 0 Å². The topological polar surface area (TPSA) is 69.3 Å². The Morgan fingerprint density at radius 1 is 1.21 bits per heavy atom. The fourth-order valence-corrected chi connectivity index (χ4v) is 1.88. The summed E-state index contributed by atoms with van der Waals surface area (Å²) < 4.78 is 6.79. The van der Waals surface area contributed by atoms with Crippen molar-refractivity contribution in [1.29, 1.82) is 0 Å². The quantitative estimate of drug-likeness (QED) is 0.829. The summed E-state index contributed by atoms with van der Waals surface area (Å²) in [6, 6.07) is 8.86. The van der Waals surface area contributed by atoms with E-state index in [0.29, 0.717) is 17.0 Å². The summed E-state index contributed by atoms with van der Waals surface area (Å²) in [5.41, 5.74) is 11.4. The van der Waals surface area contributed by atoms with Crippen LogP contribution in [0.3, 0.4) is 0 Å². The van der Waals surface area contributed by atoms with Crippen molar-refractivity contribution in [3.8, 4) is 5.75 Å². The van der Waals surface area contributed by atoms with Crippen LogP contribution in [0, 0.1) is 13.8 Å². The van der Waals surface area contributed by atoms with Gasteiger partial charge in [0, 0.05) is 23.1 Å². The van der Waals surface area contributed by atoms with Gasteiger partial charge in [-0.15, -0.1) is 0 Å². The first-order chi connectivity index (χ1) is 9.02. The molecule has 0 aliphatic rings. The largest absolute Gasteiger partial charge is 0.497 e. The van der Waals surface area contributed by atoms with Gasteiger partial charge in [0.05, 0.1) is 12.7 Å². The second-order valence-corrected chi connectivity index (χ2v) is 4.35. The molecule has 1 amide bonds. The number of ether oxygens (including phenoxy) is 1. The zero-order valence-electron chi connectivity index (χ0n) is 11.2. The van der Waals surface area contributed by atoms with Gasteiger partial charge < -0.3 is 10.5 Å². The monoisotopic (exact) mass is 259 g/mol. The van der Waals surface area contributed by atoms with Crippen LogP contribution < -0.4 is 15.9 Å². The highest BCUT2D eigenvalue weighted by Gasteiger charge is 2.12. The van der Waals surface area contributed by atoms with Crippen LogP contribution in [0.4, 0.5) is 5.69 Å². The number of carbonyl (C=O) groups is 1. The van der Waals surface area contributed by atoms with E-state index in [0.717, 1.165) is 11.4 Å². The summed E-state index contributed by atoms with van der Waals surface area (Å²) >= 11 is 0. The molecule has 0 bridgehead atoms. The number of hydrogen-bond donors (Lipinski definition) is 2. The molecule has 0 saturated carbocycles. The van der Waals surface area contributed by atoms with E-state index in [-0.39, 0.29) is 5.91 Å². The first-order valence-corrected chi connectivity index (χ1v) is 5.92. The standard InChI is InChI=1S/C14H17N3O2/c1-9-4-5-10(2)17(9)16-14(18)12-7-6-11(19-3)8-13(12)15/h4-8H,15H2,1-3H3,(H,16,18). The van der Waals surface area contributed by atoms with Crippen molar-refractivity contribution in [2.24, 2.45) is 0 Å². The number of methoxy groups -OCH3 is 1. The number of rotatable bonds is 3. The summed E-state index contributed by atoms with van der Waals surface area (Å²) in [6.45, 7) is 3.84. The van der Waals surface area contributed by atoms with Crippen LogP contribution >= 0.6 is 0 Å². The number of aryl methyl sites for hydroxylation is 2. The summed E-state index contributed by atoms with van der Waals surface area (Å²) in [5, 5.41) is 0. The van der Waals surface area contributed by atoms with Crippen molar-refractivity contribution in [1.82, 2.24) is 4.68 Å². The zero-order chi connectivity index (χ0) is 14.0. The number of nitrogens with zero attached hydrogens (tertiary/aromatic N) is 1. The van der Waals surface area contributed by atoms with E-state index in [2.05, 4.69) is 5.43 Å². The molecule has 0 atom stereocenters. The molecule has 0 aliphatic heterocycles. The average molecular weight is 259 g/mol. The van der Waals surface area contributed by atoms with Gasteiger partial charge >= 0.3 is 0 Å². The normalized spacial score (nSPS) is 10.3. The number of aromatic nitrogens is 1. The van der Waals surface area contributed by atoms with Gasteiger partial charge in [-0.25, -0.2) is 0 Å². The fraction of sp³-hybridized carbons (Fsp3) is 0.214. The molecule has 0 radical (unpaired) electrons. The first kappa shape index (κ1) is 13.0. The van der Waals surface area contributed by atoms with Gasteiger partial charge in [0.1, 0.15) is 5.75 Å². The van der Waals surface area contributed by atoms with E-state index in [1.807, 2.05) is 26.0 Å². The van der Waals surface area contributed by atoms with E-state index >= 15 is 0 Å². The molecule has 0 spiro atoms. The molecule has 2 aromatic rings. The number of amides is 1. The molecule has 1 heterocycles. The highest BCUT2D eigenvalue weighted by atomic mass is 16.5. The van der Waals surface area contributed by atoms with E-state index in [1.54, 1.807) is 30.0 Å². The van der Waals surface area contributed by atoms with Crippen molar-refractivity contribution < 1.29 is 9.53 Å². The third kappa shape index (κ3) is 2.54. The van der Waals surface area contributed by atoms with Gasteiger partial charge in [-0.3, -0.25) is 14.9 Å². The van der Waals surface area contributed by atoms with Gasteiger partial charge in [0.15, 0.2) is 0 Å². The highest BCUT2D eigenvalue weighted by molar-refractivity contribution is 6.04. The van der Waals surface area contributed by atoms with Gasteiger partial charge in [-0.2, -0.15) is 0 Å². The lowest BCUT2D eigenvalue weighted by Gasteiger charge is -2.13. The predicted octanol–water partition coefficient (Wildman–Crippen LogP) is 2.08. The molecule has 1 aromatic heterocycles. The minimum atomic E-state index is -0.248. The summed E-state index contributed by atoms with van der Waals surface area (Å²) in [4.78, 5) is 12.2. The van der Waals surface area contributed by atoms with Crippen LogP contribution in [0.2, 0.25) is 0 Å². The molecule has 5 heteroatoms. The van der Waals surface area contributed by atoms with E-state index in [1.165, 1.54) is 0 Å². The van der Waals surface area contributed by atoms with Crippen LogP contribution in [-0.4, -0.2) is 17.7 Å². The number of benzene rings is 1. The van der Waals surface area contributed by atoms with Crippen LogP contribution in [0.1, 0.15) is 21.7 Å². The lowest BCUT2D eigenvalue weighted by molar-refractivity contribution is 0.101. The number of nitrogen functional groups attached to an aromatic ring is 1. The molecule has 0 saturated heterocycles. The minimum Gasteiger partial charge on any atom is -0.497 e. The lowest BCUT2D eigenvalue weighted by atomic mass is 10.1. The molecule has 5 nitrogen and oxygen atoms in total. The molecule has 0 unspecified atom stereocenters. The predicted molar refractivity (Wildman–Crippen MR) is 75.0 cm³/mol. The van der Waals surface area contributed by atoms with Crippen molar-refractivity contribution in [2.75, 3.05) is 18.3 Å². The van der Waals surface area contributed by atoms with Gasteiger partial charge in [-0.1, -0.05) is 0 Å². The molecule has 100 valence electrons. The number of hydrogen-bond acceptors (Lipinski definition) is 3. The Morgan fingerprint density at radius 2 is 1.84 bits per heavy atom. The lowest BCUT2D eigenvalue weighted by Crippen LogP contribution is -2.25. The molecular weight excluding hydrogens is 242 g/mol. The van der Waals surface area contributed by atoms with E-state index in [4.69, 9.17) is 10.5 Å². The fourth-order valence-electron chi connectivity index (χ4n) is 1.88. The highest BCUT2D eigenvalue weighted by Crippen LogP contribution is 2.20. The van der Waals surface area contributed by atoms with Gasteiger partial charge in [0.2, 0.25) is 0 Å². The van der Waals surface area contributed by atoms with E-state index < -0.39 is 0 Å². The Labute approximate surface area is 112 Å². The second kappa shape index (κ2) is 5.06. The van der Waals surface area contributed by atoms with Gasteiger partial charge in [0.25, 0.3) is 5.91 Å². The maximum absolute atomic E-state index is 12.2. The second-order valence-electron chi connectivity index (χ2n) is 4.35. The minimum absolute atomic E-state index is 0.248. The number of carbonyl (C=O) groups excluding carboxylic acids is 1. The van der Waals surface area contributed by atoms with Crippen LogP contribution in [0.5, 0.6) is 5.75 Å². The molecule has 3 N–H and O–H groups in total. The smallest absolute Gasteiger partial charge is 0.272 e. The zero-order valence-corrected chi connectivity index (χ0v) is 11.2. The Morgan fingerprint density at radius 3 is 2.37 bits per heavy atom. The average Bonchev–Trinajstić information content (AvgIpc) is 2.70. The Hall–Kier alpha value is -2.43. The summed E-state index contributed by atoms with van der Waals surface area (Å²) in [6.07, 6.45) is 0. The SMILES string of the molecule is COc1ccc(C(=O)Nn2c(C)ccc2C)c(N)c1. The number of anilines is 1. The Kier molecular flexibility index (Phi) is 3.46. The number of nitrogens with two attached hydrogens (primary N) is 1. The molecule has 1 aromatic carbocycles. The third-order valence-electron chi connectivity index (χ3n) is 2.99. The molecule has 19 heavy (non-hydrogen) atoms. The van der Waals surface area contributed by atoms with Crippen molar-refractivity contribution >= 4 is 11.6 Å². The van der Waals surface area contributed by atoms with E-state index in [9.17, 15) is 4.79 Å². The maximum atomic E-state index is 12.2. The van der Waals surface area contributed by atoms with Crippen molar-refractivity contribution in [3.63, 3.8) is 0 Å². The Bertz CT molecular complexity index is 598. The van der Waals surface area contributed by atoms with Crippen molar-refractivity contribution in [3.05, 3.63) is 47.3 Å². The first-order valence-electron chi connectivity index (χ1n) is 5.92. The van der Waals surface area contributed by atoms with Crippen molar-refractivity contribution in [2.45, 2.75) is 13.8 Å². The molecule has 2 rings (SSSR count). The van der Waals surface area contributed by atoms with Crippen LogP contribution in [-0.2, 0) is 0 Å². The number of nitrogens with one attached hydrogen (secondary N) is 1. The Balaban J connectivity index is 2.26.